The van der Waals surface area contributed by atoms with Crippen molar-refractivity contribution in [2.24, 2.45) is 0 Å². The van der Waals surface area contributed by atoms with Crippen molar-refractivity contribution in [1.29, 1.82) is 0 Å². The van der Waals surface area contributed by atoms with Crippen LogP contribution in [0, 0.1) is 0 Å². The molecule has 1 amide bonds. The molecule has 3 aromatic heterocycles. The van der Waals surface area contributed by atoms with Crippen molar-refractivity contribution in [2.45, 2.75) is 69.3 Å². The highest BCUT2D eigenvalue weighted by molar-refractivity contribution is 5.85. The van der Waals surface area contributed by atoms with E-state index < -0.39 is 23.9 Å². The van der Waals surface area contributed by atoms with Crippen molar-refractivity contribution < 1.29 is 32.9 Å². The van der Waals surface area contributed by atoms with Gasteiger partial charge in [-0.1, -0.05) is 0 Å². The number of aliphatic hydroxyl groups is 1. The number of amides is 1. The zero-order valence-electron chi connectivity index (χ0n) is 23.5. The predicted molar refractivity (Wildman–Crippen MR) is 151 cm³/mol. The second kappa shape index (κ2) is 12.9. The van der Waals surface area contributed by atoms with Crippen molar-refractivity contribution in [1.82, 2.24) is 24.9 Å². The molecular weight excluding hydrogens is 569 g/mol. The second-order valence-corrected chi connectivity index (χ2v) is 10.7. The van der Waals surface area contributed by atoms with Crippen LogP contribution in [-0.2, 0) is 6.18 Å². The third kappa shape index (κ3) is 7.21. The summed E-state index contributed by atoms with van der Waals surface area (Å²) in [5, 5.41) is 23.1. The highest BCUT2D eigenvalue weighted by Gasteiger charge is 2.38. The number of carbonyl (C=O) groups is 1. The maximum absolute atomic E-state index is 13.8. The van der Waals surface area contributed by atoms with Gasteiger partial charge in [0.2, 0.25) is 5.95 Å². The standard InChI is InChI=1S/C28H33F3N8O4/c1-43-26-34-14-18(15-35-26)17-4-9-23(32-13-17)39(27(41)42)20-7-5-19(6-8-20)36-25-33-16-22(28(29,30)31)24(37-25)38-11-2-3-21(40)10-12-38/h4,9,13-16,19-21,40H,2-3,5-8,10-12H2,1H3,(H,41,42)(H,33,36,37). The van der Waals surface area contributed by atoms with Crippen LogP contribution in [0.4, 0.5) is 35.5 Å². The molecule has 0 aromatic carbocycles. The highest BCUT2D eigenvalue weighted by Crippen LogP contribution is 2.37. The number of ether oxygens (including phenoxy) is 1. The number of aromatic nitrogens is 5. The highest BCUT2D eigenvalue weighted by atomic mass is 19.4. The first kappa shape index (κ1) is 30.2. The minimum atomic E-state index is -4.62. The van der Waals surface area contributed by atoms with Crippen LogP contribution in [0.25, 0.3) is 11.1 Å². The van der Waals surface area contributed by atoms with Crippen LogP contribution < -0.4 is 19.9 Å². The van der Waals surface area contributed by atoms with Gasteiger partial charge in [-0.3, -0.25) is 4.90 Å². The van der Waals surface area contributed by atoms with Gasteiger partial charge in [-0.15, -0.1) is 0 Å². The molecule has 2 aliphatic rings. The monoisotopic (exact) mass is 602 g/mol. The number of pyridine rings is 1. The van der Waals surface area contributed by atoms with Gasteiger partial charge in [0, 0.05) is 61.1 Å². The Morgan fingerprint density at radius 1 is 0.977 bits per heavy atom. The largest absolute Gasteiger partial charge is 0.467 e. The summed E-state index contributed by atoms with van der Waals surface area (Å²) in [5.74, 6) is 0.187. The number of aliphatic hydroxyl groups excluding tert-OH is 1. The van der Waals surface area contributed by atoms with Gasteiger partial charge >= 0.3 is 18.3 Å². The van der Waals surface area contributed by atoms with Crippen LogP contribution in [0.15, 0.2) is 36.9 Å². The summed E-state index contributed by atoms with van der Waals surface area (Å²) in [4.78, 5) is 35.8. The fourth-order valence-electron chi connectivity index (χ4n) is 5.55. The summed E-state index contributed by atoms with van der Waals surface area (Å²) in [7, 11) is 1.47. The first-order valence-corrected chi connectivity index (χ1v) is 14.1. The maximum Gasteiger partial charge on any atom is 0.421 e. The van der Waals surface area contributed by atoms with Crippen LogP contribution in [0.3, 0.4) is 0 Å². The summed E-state index contributed by atoms with van der Waals surface area (Å²) in [6.07, 6.45) is 2.86. The van der Waals surface area contributed by atoms with E-state index in [4.69, 9.17) is 4.74 Å². The van der Waals surface area contributed by atoms with Crippen molar-refractivity contribution in [2.75, 3.05) is 35.3 Å². The van der Waals surface area contributed by atoms with Crippen molar-refractivity contribution in [3.05, 3.63) is 42.5 Å². The van der Waals surface area contributed by atoms with E-state index in [1.165, 1.54) is 12.0 Å². The topological polar surface area (TPSA) is 150 Å². The molecule has 3 N–H and O–H groups in total. The van der Waals surface area contributed by atoms with E-state index in [0.29, 0.717) is 62.9 Å². The molecule has 0 bridgehead atoms. The summed E-state index contributed by atoms with van der Waals surface area (Å²) >= 11 is 0. The van der Waals surface area contributed by atoms with Gasteiger partial charge in [-0.05, 0) is 57.1 Å². The Balaban J connectivity index is 1.25. The summed E-state index contributed by atoms with van der Waals surface area (Å²) < 4.78 is 46.3. The third-order valence-corrected chi connectivity index (χ3v) is 7.81. The molecule has 1 atom stereocenters. The minimum absolute atomic E-state index is 0.0890. The van der Waals surface area contributed by atoms with Crippen LogP contribution in [0.5, 0.6) is 6.01 Å². The SMILES string of the molecule is COc1ncc(-c2ccc(N(C(=O)O)C3CCC(Nc4ncc(C(F)(F)F)c(N5CCCC(O)CC5)n4)CC3)nc2)cn1. The Morgan fingerprint density at radius 3 is 2.33 bits per heavy atom. The fourth-order valence-corrected chi connectivity index (χ4v) is 5.55. The Hall–Kier alpha value is -4.27. The number of anilines is 3. The minimum Gasteiger partial charge on any atom is -0.467 e. The molecular formula is C28H33F3N8O4. The van der Waals surface area contributed by atoms with Gasteiger partial charge in [0.1, 0.15) is 17.2 Å². The Morgan fingerprint density at radius 2 is 1.70 bits per heavy atom. The van der Waals surface area contributed by atoms with Gasteiger partial charge in [-0.25, -0.2) is 24.7 Å². The molecule has 1 aliphatic carbocycles. The molecule has 1 unspecified atom stereocenters. The smallest absolute Gasteiger partial charge is 0.421 e. The van der Waals surface area contributed by atoms with E-state index in [1.54, 1.807) is 35.6 Å². The third-order valence-electron chi connectivity index (χ3n) is 7.81. The van der Waals surface area contributed by atoms with Gasteiger partial charge in [-0.2, -0.15) is 18.2 Å². The molecule has 43 heavy (non-hydrogen) atoms. The average molecular weight is 603 g/mol. The molecule has 15 heteroatoms. The molecule has 230 valence electrons. The van der Waals surface area contributed by atoms with Crippen molar-refractivity contribution in [3.8, 4) is 17.1 Å². The summed E-state index contributed by atoms with van der Waals surface area (Å²) in [6, 6.07) is 3.15. The summed E-state index contributed by atoms with van der Waals surface area (Å²) in [6.45, 7) is 0.620. The molecule has 3 aromatic rings. The number of halogens is 3. The Labute approximate surface area is 246 Å². The quantitative estimate of drug-likeness (QED) is 0.348. The lowest BCUT2D eigenvalue weighted by molar-refractivity contribution is -0.137. The maximum atomic E-state index is 13.8. The summed E-state index contributed by atoms with van der Waals surface area (Å²) in [5.41, 5.74) is 0.514. The molecule has 0 spiro atoms. The number of hydrogen-bond acceptors (Lipinski definition) is 10. The van der Waals surface area contributed by atoms with Crippen molar-refractivity contribution >= 4 is 23.7 Å². The molecule has 1 aliphatic heterocycles. The van der Waals surface area contributed by atoms with E-state index in [9.17, 15) is 28.2 Å². The van der Waals surface area contributed by atoms with Crippen LogP contribution in [-0.4, -0.2) is 79.6 Å². The number of alkyl halides is 3. The normalized spacial score (nSPS) is 21.1. The molecule has 0 radical (unpaired) electrons. The van der Waals surface area contributed by atoms with Gasteiger partial charge in [0.25, 0.3) is 0 Å². The van der Waals surface area contributed by atoms with Crippen molar-refractivity contribution in [3.63, 3.8) is 0 Å². The van der Waals surface area contributed by atoms with E-state index in [0.717, 1.165) is 11.8 Å². The molecule has 4 heterocycles. The van der Waals surface area contributed by atoms with Gasteiger partial charge in [0.05, 0.1) is 13.2 Å². The van der Waals surface area contributed by atoms with Gasteiger partial charge in [0.15, 0.2) is 0 Å². The zero-order chi connectivity index (χ0) is 30.6. The zero-order valence-corrected chi connectivity index (χ0v) is 23.5. The van der Waals surface area contributed by atoms with Gasteiger partial charge < -0.3 is 25.2 Å². The lowest BCUT2D eigenvalue weighted by atomic mass is 9.90. The first-order valence-electron chi connectivity index (χ1n) is 14.1. The molecule has 5 rings (SSSR count). The number of rotatable bonds is 7. The molecule has 12 nitrogen and oxygen atoms in total. The number of methoxy groups -OCH3 is 1. The van der Waals surface area contributed by atoms with E-state index in [1.807, 2.05) is 0 Å². The number of carboxylic acid groups (broad SMARTS) is 1. The number of hydrogen-bond donors (Lipinski definition) is 3. The lowest BCUT2D eigenvalue weighted by Crippen LogP contribution is -2.44. The van der Waals surface area contributed by atoms with Crippen LogP contribution in [0.1, 0.15) is 50.5 Å². The average Bonchev–Trinajstić information content (AvgIpc) is 3.22. The van der Waals surface area contributed by atoms with E-state index in [-0.39, 0.29) is 36.4 Å². The lowest BCUT2D eigenvalue weighted by Gasteiger charge is -2.35. The Kier molecular flexibility index (Phi) is 9.08. The van der Waals surface area contributed by atoms with Crippen LogP contribution >= 0.6 is 0 Å². The molecule has 2 fully saturated rings. The predicted octanol–water partition coefficient (Wildman–Crippen LogP) is 4.61. The number of nitrogens with one attached hydrogen (secondary N) is 1. The second-order valence-electron chi connectivity index (χ2n) is 10.7. The van der Waals surface area contributed by atoms with E-state index in [2.05, 4.69) is 30.2 Å². The first-order chi connectivity index (χ1) is 20.6. The Bertz CT molecular complexity index is 1390. The molecule has 1 saturated heterocycles. The molecule has 1 saturated carbocycles. The number of nitrogens with zero attached hydrogens (tertiary/aromatic N) is 7. The van der Waals surface area contributed by atoms with E-state index >= 15 is 0 Å². The fraction of sp³-hybridized carbons (Fsp3) is 0.500. The van der Waals surface area contributed by atoms with Crippen LogP contribution in [0.2, 0.25) is 0 Å².